The Morgan fingerprint density at radius 1 is 1.36 bits per heavy atom. The topological polar surface area (TPSA) is 26.0 Å². The molecule has 0 heterocycles. The van der Waals surface area contributed by atoms with Crippen LogP contribution in [-0.2, 0) is 0 Å². The Hall–Kier alpha value is -0.410. The van der Waals surface area contributed by atoms with Crippen molar-refractivity contribution in [1.82, 2.24) is 0 Å². The standard InChI is InChI=1S/C11H13BrFN/c12-11-6-8(13)2-4-10(11)7-1-3-9(14)5-7/h2,4,6-7,9H,1,3,5,14H2. The van der Waals surface area contributed by atoms with Gasteiger partial charge in [-0.25, -0.2) is 4.39 Å². The Morgan fingerprint density at radius 3 is 2.71 bits per heavy atom. The molecule has 2 unspecified atom stereocenters. The van der Waals surface area contributed by atoms with E-state index in [1.54, 1.807) is 0 Å². The second-order valence-electron chi connectivity index (χ2n) is 3.94. The molecule has 3 heteroatoms. The van der Waals surface area contributed by atoms with Crippen molar-refractivity contribution in [2.75, 3.05) is 0 Å². The summed E-state index contributed by atoms with van der Waals surface area (Å²) in [5, 5.41) is 0. The van der Waals surface area contributed by atoms with Gasteiger partial charge in [0.15, 0.2) is 0 Å². The summed E-state index contributed by atoms with van der Waals surface area (Å²) in [7, 11) is 0. The number of benzene rings is 1. The van der Waals surface area contributed by atoms with E-state index >= 15 is 0 Å². The molecule has 1 aliphatic carbocycles. The van der Waals surface area contributed by atoms with E-state index in [0.717, 1.165) is 23.7 Å². The molecule has 1 nitrogen and oxygen atoms in total. The zero-order valence-corrected chi connectivity index (χ0v) is 9.43. The Kier molecular flexibility index (Phi) is 2.88. The van der Waals surface area contributed by atoms with Gasteiger partial charge in [-0.3, -0.25) is 0 Å². The second kappa shape index (κ2) is 3.99. The fourth-order valence-electron chi connectivity index (χ4n) is 2.13. The lowest BCUT2D eigenvalue weighted by molar-refractivity contribution is 0.621. The van der Waals surface area contributed by atoms with Crippen molar-refractivity contribution >= 4 is 15.9 Å². The molecule has 2 rings (SSSR count). The molecule has 0 amide bonds. The summed E-state index contributed by atoms with van der Waals surface area (Å²) in [5.74, 6) is 0.308. The minimum absolute atomic E-state index is 0.192. The van der Waals surface area contributed by atoms with Crippen LogP contribution in [0.1, 0.15) is 30.7 Å². The van der Waals surface area contributed by atoms with E-state index in [-0.39, 0.29) is 5.82 Å². The first kappa shape index (κ1) is 10.1. The average Bonchev–Trinajstić information content (AvgIpc) is 2.51. The third-order valence-electron chi connectivity index (χ3n) is 2.88. The van der Waals surface area contributed by atoms with Gasteiger partial charge in [-0.1, -0.05) is 22.0 Å². The van der Waals surface area contributed by atoms with Gasteiger partial charge in [-0.2, -0.15) is 0 Å². The minimum atomic E-state index is -0.192. The minimum Gasteiger partial charge on any atom is -0.328 e. The third kappa shape index (κ3) is 1.98. The van der Waals surface area contributed by atoms with Crippen LogP contribution in [0.2, 0.25) is 0 Å². The first-order valence-corrected chi connectivity index (χ1v) is 5.66. The molecule has 1 fully saturated rings. The summed E-state index contributed by atoms with van der Waals surface area (Å²) in [4.78, 5) is 0. The summed E-state index contributed by atoms with van der Waals surface area (Å²) in [6.07, 6.45) is 3.21. The molecule has 0 spiro atoms. The molecule has 14 heavy (non-hydrogen) atoms. The van der Waals surface area contributed by atoms with E-state index in [0.29, 0.717) is 12.0 Å². The van der Waals surface area contributed by atoms with Crippen LogP contribution < -0.4 is 5.73 Å². The molecule has 0 radical (unpaired) electrons. The van der Waals surface area contributed by atoms with Crippen molar-refractivity contribution in [1.29, 1.82) is 0 Å². The van der Waals surface area contributed by atoms with E-state index in [1.807, 2.05) is 6.07 Å². The molecule has 1 aromatic carbocycles. The maximum atomic E-state index is 12.9. The van der Waals surface area contributed by atoms with Crippen LogP contribution in [0.15, 0.2) is 22.7 Å². The SMILES string of the molecule is NC1CCC(c2ccc(F)cc2Br)C1. The molecule has 1 aliphatic rings. The monoisotopic (exact) mass is 257 g/mol. The van der Waals surface area contributed by atoms with Gasteiger partial charge in [-0.05, 0) is 42.9 Å². The van der Waals surface area contributed by atoms with Gasteiger partial charge in [0, 0.05) is 10.5 Å². The molecule has 2 N–H and O–H groups in total. The number of nitrogens with two attached hydrogens (primary N) is 1. The van der Waals surface area contributed by atoms with Gasteiger partial charge in [-0.15, -0.1) is 0 Å². The van der Waals surface area contributed by atoms with Gasteiger partial charge in [0.05, 0.1) is 0 Å². The van der Waals surface area contributed by atoms with Crippen LogP contribution in [0.3, 0.4) is 0 Å². The van der Waals surface area contributed by atoms with Crippen LogP contribution in [0.25, 0.3) is 0 Å². The smallest absolute Gasteiger partial charge is 0.124 e. The quantitative estimate of drug-likeness (QED) is 0.822. The first-order valence-electron chi connectivity index (χ1n) is 4.87. The van der Waals surface area contributed by atoms with Crippen molar-refractivity contribution in [3.63, 3.8) is 0 Å². The number of rotatable bonds is 1. The highest BCUT2D eigenvalue weighted by molar-refractivity contribution is 9.10. The largest absolute Gasteiger partial charge is 0.328 e. The van der Waals surface area contributed by atoms with Crippen LogP contribution in [0, 0.1) is 5.82 Å². The normalized spacial score (nSPS) is 26.8. The second-order valence-corrected chi connectivity index (χ2v) is 4.79. The summed E-state index contributed by atoms with van der Waals surface area (Å²) in [5.41, 5.74) is 7.05. The van der Waals surface area contributed by atoms with E-state index in [4.69, 9.17) is 5.73 Å². The van der Waals surface area contributed by atoms with Crippen molar-refractivity contribution < 1.29 is 4.39 Å². The summed E-state index contributed by atoms with van der Waals surface area (Å²) < 4.78 is 13.7. The fourth-order valence-corrected chi connectivity index (χ4v) is 2.81. The Morgan fingerprint density at radius 2 is 2.14 bits per heavy atom. The summed E-state index contributed by atoms with van der Waals surface area (Å²) >= 11 is 3.40. The molecule has 0 bridgehead atoms. The highest BCUT2D eigenvalue weighted by Crippen LogP contribution is 2.37. The molecule has 1 aromatic rings. The zero-order valence-electron chi connectivity index (χ0n) is 7.84. The molecule has 0 saturated heterocycles. The Bertz CT molecular complexity index is 340. The van der Waals surface area contributed by atoms with Crippen molar-refractivity contribution in [3.05, 3.63) is 34.1 Å². The average molecular weight is 258 g/mol. The number of halogens is 2. The van der Waals surface area contributed by atoms with Crippen LogP contribution >= 0.6 is 15.9 Å². The molecule has 2 atom stereocenters. The van der Waals surface area contributed by atoms with Crippen LogP contribution in [0.5, 0.6) is 0 Å². The van der Waals surface area contributed by atoms with Crippen molar-refractivity contribution in [3.8, 4) is 0 Å². The van der Waals surface area contributed by atoms with E-state index in [9.17, 15) is 4.39 Å². The Balaban J connectivity index is 2.24. The van der Waals surface area contributed by atoms with E-state index in [2.05, 4.69) is 15.9 Å². The maximum Gasteiger partial charge on any atom is 0.124 e. The Labute approximate surface area is 91.6 Å². The fraction of sp³-hybridized carbons (Fsp3) is 0.455. The summed E-state index contributed by atoms with van der Waals surface area (Å²) in [6.45, 7) is 0. The first-order chi connectivity index (χ1) is 6.66. The number of hydrogen-bond donors (Lipinski definition) is 1. The third-order valence-corrected chi connectivity index (χ3v) is 3.56. The predicted molar refractivity (Wildman–Crippen MR) is 58.7 cm³/mol. The molecule has 0 aliphatic heterocycles. The molecular formula is C11H13BrFN. The highest BCUT2D eigenvalue weighted by Gasteiger charge is 2.24. The van der Waals surface area contributed by atoms with Gasteiger partial charge in [0.25, 0.3) is 0 Å². The lowest BCUT2D eigenvalue weighted by atomic mass is 9.97. The molecule has 1 saturated carbocycles. The van der Waals surface area contributed by atoms with Crippen molar-refractivity contribution in [2.24, 2.45) is 5.73 Å². The van der Waals surface area contributed by atoms with Crippen molar-refractivity contribution in [2.45, 2.75) is 31.2 Å². The van der Waals surface area contributed by atoms with Gasteiger partial charge in [0.2, 0.25) is 0 Å². The zero-order chi connectivity index (χ0) is 10.1. The lowest BCUT2D eigenvalue weighted by Crippen LogP contribution is -2.14. The number of hydrogen-bond acceptors (Lipinski definition) is 1. The van der Waals surface area contributed by atoms with Gasteiger partial charge >= 0.3 is 0 Å². The highest BCUT2D eigenvalue weighted by atomic mass is 79.9. The molecular weight excluding hydrogens is 245 g/mol. The van der Waals surface area contributed by atoms with E-state index < -0.39 is 0 Å². The maximum absolute atomic E-state index is 12.9. The van der Waals surface area contributed by atoms with Crippen LogP contribution in [-0.4, -0.2) is 6.04 Å². The van der Waals surface area contributed by atoms with Crippen LogP contribution in [0.4, 0.5) is 4.39 Å². The van der Waals surface area contributed by atoms with E-state index in [1.165, 1.54) is 17.7 Å². The van der Waals surface area contributed by atoms with Gasteiger partial charge < -0.3 is 5.73 Å². The molecule has 0 aromatic heterocycles. The lowest BCUT2D eigenvalue weighted by Gasteiger charge is -2.11. The molecule has 76 valence electrons. The van der Waals surface area contributed by atoms with Gasteiger partial charge in [0.1, 0.15) is 5.82 Å². The predicted octanol–water partition coefficient (Wildman–Crippen LogP) is 3.18. The summed E-state index contributed by atoms with van der Waals surface area (Å²) in [6, 6.07) is 5.22.